The number of hydrogen-bond donors (Lipinski definition) is 2. The van der Waals surface area contributed by atoms with Crippen molar-refractivity contribution in [3.63, 3.8) is 0 Å². The molecule has 0 unspecified atom stereocenters. The van der Waals surface area contributed by atoms with Crippen LogP contribution in [0.4, 0.5) is 0 Å². The van der Waals surface area contributed by atoms with E-state index in [0.717, 1.165) is 11.1 Å². The van der Waals surface area contributed by atoms with E-state index in [4.69, 9.17) is 10.2 Å². The molecule has 62 valence electrons. The lowest BCUT2D eigenvalue weighted by molar-refractivity contribution is 0.282. The molecule has 0 radical (unpaired) electrons. The highest BCUT2D eigenvalue weighted by Crippen LogP contribution is 2.02. The number of aliphatic hydroxyl groups is 2. The Hall–Kier alpha value is -1.30. The Morgan fingerprint density at radius 3 is 2.25 bits per heavy atom. The Morgan fingerprint density at radius 1 is 1.08 bits per heavy atom. The van der Waals surface area contributed by atoms with Crippen LogP contribution in [0.5, 0.6) is 0 Å². The lowest BCUT2D eigenvalue weighted by atomic mass is 10.1. The van der Waals surface area contributed by atoms with Gasteiger partial charge in [0.15, 0.2) is 0 Å². The fourth-order valence-corrected chi connectivity index (χ4v) is 0.835. The topological polar surface area (TPSA) is 40.5 Å². The molecule has 0 atom stereocenters. The van der Waals surface area contributed by atoms with Gasteiger partial charge in [0.05, 0.1) is 6.61 Å². The molecule has 0 amide bonds. The minimum absolute atomic E-state index is 0.0493. The van der Waals surface area contributed by atoms with Gasteiger partial charge in [-0.3, -0.25) is 0 Å². The van der Waals surface area contributed by atoms with Crippen molar-refractivity contribution in [1.29, 1.82) is 0 Å². The molecule has 2 heteroatoms. The maximum absolute atomic E-state index is 8.73. The maximum Gasteiger partial charge on any atom is 0.104 e. The van der Waals surface area contributed by atoms with E-state index in [2.05, 4.69) is 11.8 Å². The van der Waals surface area contributed by atoms with Gasteiger partial charge >= 0.3 is 0 Å². The summed E-state index contributed by atoms with van der Waals surface area (Å²) >= 11 is 0. The van der Waals surface area contributed by atoms with Gasteiger partial charge in [-0.05, 0) is 17.7 Å². The van der Waals surface area contributed by atoms with Crippen molar-refractivity contribution in [2.24, 2.45) is 0 Å². The summed E-state index contributed by atoms with van der Waals surface area (Å²) in [5.41, 5.74) is 1.71. The summed E-state index contributed by atoms with van der Waals surface area (Å²) in [5, 5.41) is 17.1. The van der Waals surface area contributed by atoms with Crippen LogP contribution in [0.15, 0.2) is 24.3 Å². The number of aliphatic hydroxyl groups excluding tert-OH is 2. The predicted molar refractivity (Wildman–Crippen MR) is 46.3 cm³/mol. The molecular weight excluding hydrogens is 152 g/mol. The highest BCUT2D eigenvalue weighted by atomic mass is 16.3. The number of hydrogen-bond acceptors (Lipinski definition) is 2. The monoisotopic (exact) mass is 162 g/mol. The van der Waals surface area contributed by atoms with Crippen LogP contribution in [0.2, 0.25) is 0 Å². The van der Waals surface area contributed by atoms with E-state index in [1.807, 2.05) is 12.1 Å². The quantitative estimate of drug-likeness (QED) is 0.591. The number of rotatable bonds is 1. The largest absolute Gasteiger partial charge is 0.392 e. The van der Waals surface area contributed by atoms with Crippen LogP contribution >= 0.6 is 0 Å². The summed E-state index contributed by atoms with van der Waals surface area (Å²) in [6, 6.07) is 7.24. The molecule has 1 aromatic rings. The molecule has 12 heavy (non-hydrogen) atoms. The van der Waals surface area contributed by atoms with Gasteiger partial charge in [-0.25, -0.2) is 0 Å². The lowest BCUT2D eigenvalue weighted by Gasteiger charge is -1.94. The molecule has 0 saturated carbocycles. The van der Waals surface area contributed by atoms with Crippen LogP contribution < -0.4 is 0 Å². The second-order valence-electron chi connectivity index (χ2n) is 2.31. The Morgan fingerprint density at radius 2 is 1.75 bits per heavy atom. The standard InChI is InChI=1S/C10H10O2/c11-7-1-2-9-3-5-10(8-12)6-4-9/h3-6,11-12H,7-8H2. The van der Waals surface area contributed by atoms with Crippen molar-refractivity contribution in [3.05, 3.63) is 35.4 Å². The van der Waals surface area contributed by atoms with E-state index < -0.39 is 0 Å². The van der Waals surface area contributed by atoms with Gasteiger partial charge < -0.3 is 10.2 Å². The van der Waals surface area contributed by atoms with Crippen LogP contribution in [0.25, 0.3) is 0 Å². The molecule has 0 saturated heterocycles. The van der Waals surface area contributed by atoms with Crippen molar-refractivity contribution < 1.29 is 10.2 Å². The smallest absolute Gasteiger partial charge is 0.104 e. The van der Waals surface area contributed by atoms with Gasteiger partial charge in [0.1, 0.15) is 6.61 Å². The van der Waals surface area contributed by atoms with Crippen LogP contribution in [0.3, 0.4) is 0 Å². The molecule has 0 aliphatic carbocycles. The van der Waals surface area contributed by atoms with Crippen LogP contribution in [-0.2, 0) is 6.61 Å². The molecule has 2 nitrogen and oxygen atoms in total. The fourth-order valence-electron chi connectivity index (χ4n) is 0.835. The zero-order valence-corrected chi connectivity index (χ0v) is 6.62. The predicted octanol–water partition coefficient (Wildman–Crippen LogP) is 0.523. The van der Waals surface area contributed by atoms with E-state index in [1.165, 1.54) is 0 Å². The first-order valence-electron chi connectivity index (χ1n) is 3.66. The second-order valence-corrected chi connectivity index (χ2v) is 2.31. The van der Waals surface area contributed by atoms with Gasteiger partial charge in [-0.1, -0.05) is 24.0 Å². The van der Waals surface area contributed by atoms with Crippen molar-refractivity contribution in [2.45, 2.75) is 6.61 Å². The molecule has 0 bridgehead atoms. The molecule has 0 fully saturated rings. The van der Waals surface area contributed by atoms with E-state index in [-0.39, 0.29) is 13.2 Å². The zero-order valence-electron chi connectivity index (χ0n) is 6.62. The van der Waals surface area contributed by atoms with E-state index in [9.17, 15) is 0 Å². The molecule has 1 aromatic carbocycles. The van der Waals surface area contributed by atoms with Crippen LogP contribution in [0, 0.1) is 11.8 Å². The van der Waals surface area contributed by atoms with Gasteiger partial charge in [0.25, 0.3) is 0 Å². The van der Waals surface area contributed by atoms with Crippen LogP contribution in [0.1, 0.15) is 11.1 Å². The minimum Gasteiger partial charge on any atom is -0.392 e. The van der Waals surface area contributed by atoms with E-state index >= 15 is 0 Å². The third kappa shape index (κ3) is 2.39. The first-order valence-corrected chi connectivity index (χ1v) is 3.66. The first kappa shape index (κ1) is 8.79. The van der Waals surface area contributed by atoms with Crippen molar-refractivity contribution in [2.75, 3.05) is 6.61 Å². The fraction of sp³-hybridized carbons (Fsp3) is 0.200. The van der Waals surface area contributed by atoms with Crippen molar-refractivity contribution in [3.8, 4) is 11.8 Å². The highest BCUT2D eigenvalue weighted by Gasteiger charge is 1.88. The molecule has 2 N–H and O–H groups in total. The lowest BCUT2D eigenvalue weighted by Crippen LogP contribution is -1.82. The summed E-state index contributed by atoms with van der Waals surface area (Å²) in [4.78, 5) is 0. The van der Waals surface area contributed by atoms with Gasteiger partial charge in [-0.2, -0.15) is 0 Å². The average Bonchev–Trinajstić information content (AvgIpc) is 2.15. The first-order chi connectivity index (χ1) is 5.86. The highest BCUT2D eigenvalue weighted by molar-refractivity contribution is 5.35. The van der Waals surface area contributed by atoms with Crippen molar-refractivity contribution in [1.82, 2.24) is 0 Å². The third-order valence-corrected chi connectivity index (χ3v) is 1.45. The van der Waals surface area contributed by atoms with E-state index in [1.54, 1.807) is 12.1 Å². The summed E-state index contributed by atoms with van der Waals surface area (Å²) in [7, 11) is 0. The Kier molecular flexibility index (Phi) is 3.34. The third-order valence-electron chi connectivity index (χ3n) is 1.45. The average molecular weight is 162 g/mol. The number of benzene rings is 1. The normalized spacial score (nSPS) is 8.83. The van der Waals surface area contributed by atoms with Crippen molar-refractivity contribution >= 4 is 0 Å². The van der Waals surface area contributed by atoms with Gasteiger partial charge in [0.2, 0.25) is 0 Å². The Labute approximate surface area is 71.5 Å². The van der Waals surface area contributed by atoms with Crippen LogP contribution in [-0.4, -0.2) is 16.8 Å². The minimum atomic E-state index is -0.123. The summed E-state index contributed by atoms with van der Waals surface area (Å²) in [6.07, 6.45) is 0. The summed E-state index contributed by atoms with van der Waals surface area (Å²) in [5.74, 6) is 5.31. The second kappa shape index (κ2) is 4.55. The van der Waals surface area contributed by atoms with Gasteiger partial charge in [0, 0.05) is 5.56 Å². The molecule has 0 aliphatic rings. The van der Waals surface area contributed by atoms with E-state index in [0.29, 0.717) is 0 Å². The molecule has 0 spiro atoms. The Bertz CT molecular complexity index is 290. The molecule has 1 rings (SSSR count). The van der Waals surface area contributed by atoms with Gasteiger partial charge in [-0.15, -0.1) is 0 Å². The SMILES string of the molecule is OCC#Cc1ccc(CO)cc1. The summed E-state index contributed by atoms with van der Waals surface area (Å²) < 4.78 is 0. The molecule has 0 aromatic heterocycles. The Balaban J connectivity index is 2.78. The molecule has 0 aliphatic heterocycles. The molecule has 0 heterocycles. The molecular formula is C10H10O2. The zero-order chi connectivity index (χ0) is 8.81. The maximum atomic E-state index is 8.73. The summed E-state index contributed by atoms with van der Waals surface area (Å²) in [6.45, 7) is -0.0739.